The van der Waals surface area contributed by atoms with Crippen LogP contribution in [0.4, 0.5) is 0 Å². The second kappa shape index (κ2) is 6.84. The van der Waals surface area contributed by atoms with E-state index in [9.17, 15) is 4.79 Å². The van der Waals surface area contributed by atoms with Gasteiger partial charge in [0.15, 0.2) is 5.69 Å². The Kier molecular flexibility index (Phi) is 4.62. The Bertz CT molecular complexity index is 843. The van der Waals surface area contributed by atoms with Crippen molar-refractivity contribution in [2.24, 2.45) is 0 Å². The largest absolute Gasteiger partial charge is 0.344 e. The van der Waals surface area contributed by atoms with Gasteiger partial charge in [-0.3, -0.25) is 4.79 Å². The summed E-state index contributed by atoms with van der Waals surface area (Å²) in [5, 5.41) is 11.7. The number of amides is 1. The summed E-state index contributed by atoms with van der Waals surface area (Å²) in [6.07, 6.45) is 0. The normalized spacial score (nSPS) is 12.0. The molecule has 24 heavy (non-hydrogen) atoms. The summed E-state index contributed by atoms with van der Waals surface area (Å²) in [6.45, 7) is 3.75. The highest BCUT2D eigenvalue weighted by Crippen LogP contribution is 2.17. The first kappa shape index (κ1) is 16.2. The summed E-state index contributed by atoms with van der Waals surface area (Å²) in [5.74, 6) is -0.246. The highest BCUT2D eigenvalue weighted by atomic mass is 35.5. The SMILES string of the molecule is Cc1c(C(=O)N[C@@H](C)c2ccccc2)nnn1-c1ccc(Cl)cc1. The molecule has 2 aromatic carbocycles. The molecule has 0 aliphatic carbocycles. The van der Waals surface area contributed by atoms with Gasteiger partial charge < -0.3 is 5.32 Å². The number of benzene rings is 2. The molecule has 0 unspecified atom stereocenters. The van der Waals surface area contributed by atoms with Crippen LogP contribution in [-0.4, -0.2) is 20.9 Å². The van der Waals surface area contributed by atoms with Crippen LogP contribution in [0, 0.1) is 6.92 Å². The Labute approximate surface area is 145 Å². The van der Waals surface area contributed by atoms with Gasteiger partial charge in [0.25, 0.3) is 5.91 Å². The molecule has 0 saturated heterocycles. The minimum absolute atomic E-state index is 0.112. The van der Waals surface area contributed by atoms with Gasteiger partial charge in [-0.1, -0.05) is 47.1 Å². The third-order valence-corrected chi connectivity index (χ3v) is 4.08. The number of halogens is 1. The molecule has 0 aliphatic rings. The minimum atomic E-state index is -0.246. The molecule has 3 aromatic rings. The zero-order valence-electron chi connectivity index (χ0n) is 13.4. The van der Waals surface area contributed by atoms with Crippen LogP contribution in [0.3, 0.4) is 0 Å². The van der Waals surface area contributed by atoms with Crippen LogP contribution < -0.4 is 5.32 Å². The van der Waals surface area contributed by atoms with Gasteiger partial charge in [-0.2, -0.15) is 0 Å². The molecule has 1 amide bonds. The Morgan fingerprint density at radius 2 is 1.79 bits per heavy atom. The molecule has 0 aliphatic heterocycles. The fourth-order valence-corrected chi connectivity index (χ4v) is 2.58. The lowest BCUT2D eigenvalue weighted by Gasteiger charge is -2.13. The lowest BCUT2D eigenvalue weighted by atomic mass is 10.1. The van der Waals surface area contributed by atoms with Crippen LogP contribution in [0.1, 0.15) is 34.7 Å². The van der Waals surface area contributed by atoms with Crippen LogP contribution >= 0.6 is 11.6 Å². The predicted octanol–water partition coefficient (Wildman–Crippen LogP) is 3.72. The Morgan fingerprint density at radius 3 is 2.46 bits per heavy atom. The fraction of sp³-hybridized carbons (Fsp3) is 0.167. The van der Waals surface area contributed by atoms with Gasteiger partial charge in [-0.25, -0.2) is 4.68 Å². The molecule has 1 aromatic heterocycles. The lowest BCUT2D eigenvalue weighted by molar-refractivity contribution is 0.0934. The highest BCUT2D eigenvalue weighted by molar-refractivity contribution is 6.30. The molecule has 0 radical (unpaired) electrons. The van der Waals surface area contributed by atoms with Gasteiger partial charge in [-0.15, -0.1) is 5.10 Å². The molecule has 122 valence electrons. The molecule has 0 bridgehead atoms. The number of nitrogens with zero attached hydrogens (tertiary/aromatic N) is 3. The standard InChI is InChI=1S/C18H17ClN4O/c1-12(14-6-4-3-5-7-14)20-18(24)17-13(2)23(22-21-17)16-10-8-15(19)9-11-16/h3-12H,1-2H3,(H,20,24)/t12-/m0/s1. The van der Waals surface area contributed by atoms with Crippen LogP contribution in [0.5, 0.6) is 0 Å². The van der Waals surface area contributed by atoms with Crippen molar-refractivity contribution in [1.82, 2.24) is 20.3 Å². The van der Waals surface area contributed by atoms with E-state index in [-0.39, 0.29) is 11.9 Å². The third-order valence-electron chi connectivity index (χ3n) is 3.83. The van der Waals surface area contributed by atoms with Gasteiger partial charge in [-0.05, 0) is 43.7 Å². The lowest BCUT2D eigenvalue weighted by Crippen LogP contribution is -2.27. The summed E-state index contributed by atoms with van der Waals surface area (Å²) < 4.78 is 1.62. The molecule has 3 rings (SSSR count). The van der Waals surface area contributed by atoms with E-state index in [0.717, 1.165) is 11.3 Å². The maximum absolute atomic E-state index is 12.5. The summed E-state index contributed by atoms with van der Waals surface area (Å²) in [5.41, 5.74) is 2.83. The first-order valence-corrected chi connectivity index (χ1v) is 7.98. The molecule has 0 spiro atoms. The smallest absolute Gasteiger partial charge is 0.274 e. The molecule has 1 N–H and O–H groups in total. The van der Waals surface area contributed by atoms with Gasteiger partial charge >= 0.3 is 0 Å². The number of carbonyl (C=O) groups is 1. The van der Waals surface area contributed by atoms with E-state index in [1.807, 2.05) is 56.3 Å². The summed E-state index contributed by atoms with van der Waals surface area (Å²) in [4.78, 5) is 12.5. The maximum Gasteiger partial charge on any atom is 0.274 e. The first-order chi connectivity index (χ1) is 11.6. The molecular weight excluding hydrogens is 324 g/mol. The van der Waals surface area contributed by atoms with Crippen molar-refractivity contribution >= 4 is 17.5 Å². The van der Waals surface area contributed by atoms with Crippen LogP contribution in [0.25, 0.3) is 5.69 Å². The van der Waals surface area contributed by atoms with E-state index < -0.39 is 0 Å². The van der Waals surface area contributed by atoms with Crippen molar-refractivity contribution in [3.63, 3.8) is 0 Å². The summed E-state index contributed by atoms with van der Waals surface area (Å²) >= 11 is 5.90. The average Bonchev–Trinajstić information content (AvgIpc) is 2.98. The van der Waals surface area contributed by atoms with Crippen molar-refractivity contribution in [2.75, 3.05) is 0 Å². The Morgan fingerprint density at radius 1 is 1.12 bits per heavy atom. The third kappa shape index (κ3) is 3.31. The van der Waals surface area contributed by atoms with E-state index in [0.29, 0.717) is 16.4 Å². The maximum atomic E-state index is 12.5. The molecule has 5 nitrogen and oxygen atoms in total. The van der Waals surface area contributed by atoms with E-state index in [4.69, 9.17) is 11.6 Å². The zero-order valence-corrected chi connectivity index (χ0v) is 14.2. The number of aromatic nitrogens is 3. The van der Waals surface area contributed by atoms with Crippen molar-refractivity contribution in [3.05, 3.63) is 76.6 Å². The first-order valence-electron chi connectivity index (χ1n) is 7.60. The van der Waals surface area contributed by atoms with E-state index in [1.54, 1.807) is 16.8 Å². The highest BCUT2D eigenvalue weighted by Gasteiger charge is 2.19. The summed E-state index contributed by atoms with van der Waals surface area (Å²) in [6, 6.07) is 16.9. The molecule has 1 atom stereocenters. The number of hydrogen-bond acceptors (Lipinski definition) is 3. The minimum Gasteiger partial charge on any atom is -0.344 e. The Hall–Kier alpha value is -2.66. The monoisotopic (exact) mass is 340 g/mol. The molecular formula is C18H17ClN4O. The quantitative estimate of drug-likeness (QED) is 0.787. The number of rotatable bonds is 4. The fourth-order valence-electron chi connectivity index (χ4n) is 2.46. The molecule has 6 heteroatoms. The van der Waals surface area contributed by atoms with Crippen molar-refractivity contribution < 1.29 is 4.79 Å². The average molecular weight is 341 g/mol. The molecule has 0 fully saturated rings. The number of carbonyl (C=O) groups excluding carboxylic acids is 1. The summed E-state index contributed by atoms with van der Waals surface area (Å²) in [7, 11) is 0. The number of nitrogens with one attached hydrogen (secondary N) is 1. The zero-order chi connectivity index (χ0) is 17.1. The van der Waals surface area contributed by atoms with Crippen molar-refractivity contribution in [1.29, 1.82) is 0 Å². The van der Waals surface area contributed by atoms with Gasteiger partial charge in [0.05, 0.1) is 17.4 Å². The van der Waals surface area contributed by atoms with E-state index >= 15 is 0 Å². The van der Waals surface area contributed by atoms with Crippen LogP contribution in [0.15, 0.2) is 54.6 Å². The van der Waals surface area contributed by atoms with E-state index in [1.165, 1.54) is 0 Å². The van der Waals surface area contributed by atoms with Crippen LogP contribution in [-0.2, 0) is 0 Å². The second-order valence-electron chi connectivity index (χ2n) is 5.52. The Balaban J connectivity index is 1.80. The molecule has 1 heterocycles. The van der Waals surface area contributed by atoms with Crippen molar-refractivity contribution in [2.45, 2.75) is 19.9 Å². The van der Waals surface area contributed by atoms with Crippen LogP contribution in [0.2, 0.25) is 5.02 Å². The molecule has 0 saturated carbocycles. The van der Waals surface area contributed by atoms with E-state index in [2.05, 4.69) is 15.6 Å². The number of hydrogen-bond donors (Lipinski definition) is 1. The van der Waals surface area contributed by atoms with Gasteiger partial charge in [0, 0.05) is 5.02 Å². The second-order valence-corrected chi connectivity index (χ2v) is 5.95. The topological polar surface area (TPSA) is 59.8 Å². The van der Waals surface area contributed by atoms with Gasteiger partial charge in [0.1, 0.15) is 0 Å². The predicted molar refractivity (Wildman–Crippen MR) is 93.4 cm³/mol. The van der Waals surface area contributed by atoms with Crippen molar-refractivity contribution in [3.8, 4) is 5.69 Å². The van der Waals surface area contributed by atoms with Gasteiger partial charge in [0.2, 0.25) is 0 Å².